The Balaban J connectivity index is 1.19. The lowest BCUT2D eigenvalue weighted by Crippen LogP contribution is -2.48. The molecule has 3 aliphatic heterocycles. The predicted molar refractivity (Wildman–Crippen MR) is 228 cm³/mol. The van der Waals surface area contributed by atoms with Crippen LogP contribution >= 0.6 is 22.9 Å². The summed E-state index contributed by atoms with van der Waals surface area (Å²) in [6.45, 7) is 4.88. The molecule has 0 unspecified atom stereocenters. The van der Waals surface area contributed by atoms with Gasteiger partial charge >= 0.3 is 5.97 Å². The van der Waals surface area contributed by atoms with Gasteiger partial charge in [-0.15, -0.1) is 17.8 Å². The number of aromatic nitrogens is 4. The zero-order chi connectivity index (χ0) is 42.3. The summed E-state index contributed by atoms with van der Waals surface area (Å²) in [6, 6.07) is 13.2. The van der Waals surface area contributed by atoms with E-state index < -0.39 is 18.2 Å². The number of aliphatic carboxylic acids is 1. The van der Waals surface area contributed by atoms with Crippen LogP contribution in [0.1, 0.15) is 41.6 Å². The average molecular weight is 867 g/mol. The third-order valence-electron chi connectivity index (χ3n) is 10.7. The van der Waals surface area contributed by atoms with Gasteiger partial charge in [0.05, 0.1) is 11.1 Å². The number of allylic oxidation sites excluding steroid dienone is 3. The Morgan fingerprint density at radius 1 is 1.10 bits per heavy atom. The molecule has 0 spiro atoms. The normalized spacial score (nSPS) is 21.6. The van der Waals surface area contributed by atoms with E-state index in [1.165, 1.54) is 29.8 Å². The zero-order valence-electron chi connectivity index (χ0n) is 33.5. The molecule has 16 heteroatoms. The number of benzene rings is 2. The second-order valence-electron chi connectivity index (χ2n) is 15.0. The molecule has 8 rings (SSSR count). The average Bonchev–Trinajstić information content (AvgIpc) is 3.95. The van der Waals surface area contributed by atoms with Gasteiger partial charge in [0.15, 0.2) is 5.82 Å². The Labute approximate surface area is 361 Å². The Morgan fingerprint density at radius 2 is 1.93 bits per heavy atom. The molecule has 2 saturated heterocycles. The van der Waals surface area contributed by atoms with Crippen molar-refractivity contribution in [3.8, 4) is 40.2 Å². The van der Waals surface area contributed by atoms with Crippen molar-refractivity contribution in [3.05, 3.63) is 112 Å². The minimum atomic E-state index is -1.41. The number of ether oxygens (including phenoxy) is 5. The second kappa shape index (κ2) is 19.4. The zero-order valence-corrected chi connectivity index (χ0v) is 35.0. The summed E-state index contributed by atoms with van der Waals surface area (Å²) in [5.74, 6) is 2.76. The highest BCUT2D eigenvalue weighted by molar-refractivity contribution is 7.22. The molecule has 2 aromatic carbocycles. The number of hydrogen-bond donors (Lipinski definition) is 1. The molecule has 2 bridgehead atoms. The van der Waals surface area contributed by atoms with Gasteiger partial charge in [-0.1, -0.05) is 35.7 Å². The Morgan fingerprint density at radius 3 is 2.70 bits per heavy atom. The van der Waals surface area contributed by atoms with E-state index in [1.54, 1.807) is 48.7 Å². The topological polar surface area (TPSA) is 141 Å². The monoisotopic (exact) mass is 866 g/mol. The van der Waals surface area contributed by atoms with E-state index in [-0.39, 0.29) is 54.6 Å². The minimum Gasteiger partial charge on any atom is -0.490 e. The maximum Gasteiger partial charge on any atom is 0.345 e. The van der Waals surface area contributed by atoms with Gasteiger partial charge in [0.1, 0.15) is 64.7 Å². The number of halogens is 2. The van der Waals surface area contributed by atoms with Crippen LogP contribution in [0.2, 0.25) is 0 Å². The van der Waals surface area contributed by atoms with Gasteiger partial charge < -0.3 is 33.7 Å². The van der Waals surface area contributed by atoms with E-state index in [9.17, 15) is 14.3 Å². The fraction of sp³-hybridized carbons (Fsp3) is 0.356. The number of carbonyl (C=O) groups is 1. The smallest absolute Gasteiger partial charge is 0.345 e. The van der Waals surface area contributed by atoms with E-state index >= 15 is 0 Å². The van der Waals surface area contributed by atoms with Crippen LogP contribution in [-0.4, -0.2) is 106 Å². The molecule has 3 atom stereocenters. The first-order valence-corrected chi connectivity index (χ1v) is 21.2. The third kappa shape index (κ3) is 10.3. The van der Waals surface area contributed by atoms with Gasteiger partial charge in [-0.05, 0) is 79.9 Å². The molecule has 3 aromatic heterocycles. The number of terminal acetylenes is 1. The Kier molecular flexibility index (Phi) is 13.4. The van der Waals surface area contributed by atoms with Crippen molar-refractivity contribution in [3.63, 3.8) is 0 Å². The maximum absolute atomic E-state index is 14.1. The first-order chi connectivity index (χ1) is 29.7. The van der Waals surface area contributed by atoms with E-state index in [0.29, 0.717) is 51.9 Å². The van der Waals surface area contributed by atoms with Gasteiger partial charge in [-0.3, -0.25) is 4.90 Å². The molecule has 0 saturated carbocycles. The lowest BCUT2D eigenvalue weighted by Gasteiger charge is -2.34. The van der Waals surface area contributed by atoms with Crippen molar-refractivity contribution in [2.45, 2.75) is 50.6 Å². The molecule has 13 nitrogen and oxygen atoms in total. The molecule has 3 aliphatic rings. The molecule has 0 amide bonds. The van der Waals surface area contributed by atoms with Crippen molar-refractivity contribution in [1.82, 2.24) is 29.7 Å². The number of carboxylic acids is 1. The summed E-state index contributed by atoms with van der Waals surface area (Å²) < 4.78 is 45.7. The highest BCUT2D eigenvalue weighted by Gasteiger charge is 2.28. The van der Waals surface area contributed by atoms with Crippen molar-refractivity contribution >= 4 is 39.1 Å². The van der Waals surface area contributed by atoms with Crippen molar-refractivity contribution in [1.29, 1.82) is 0 Å². The van der Waals surface area contributed by atoms with Crippen LogP contribution in [0.25, 0.3) is 20.7 Å². The van der Waals surface area contributed by atoms with Crippen LogP contribution in [0.3, 0.4) is 0 Å². The summed E-state index contributed by atoms with van der Waals surface area (Å²) in [6.07, 6.45) is 12.3. The lowest BCUT2D eigenvalue weighted by molar-refractivity contribution is -0.145. The van der Waals surface area contributed by atoms with Crippen LogP contribution in [0.5, 0.6) is 17.4 Å². The van der Waals surface area contributed by atoms with Crippen LogP contribution in [0, 0.1) is 18.2 Å². The molecule has 61 heavy (non-hydrogen) atoms. The number of nitrogens with zero attached hydrogens (tertiary/aromatic N) is 6. The van der Waals surface area contributed by atoms with Crippen LogP contribution in [0.4, 0.5) is 4.39 Å². The van der Waals surface area contributed by atoms with Crippen LogP contribution in [-0.2, 0) is 33.7 Å². The highest BCUT2D eigenvalue weighted by Crippen LogP contribution is 2.42. The molecular formula is C45H44ClFN6O7S. The molecule has 1 N–H and O–H groups in total. The predicted octanol–water partition coefficient (Wildman–Crippen LogP) is 7.00. The summed E-state index contributed by atoms with van der Waals surface area (Å²) in [4.78, 5) is 37.1. The number of carboxylic acid groups (broad SMARTS) is 1. The van der Waals surface area contributed by atoms with Crippen LogP contribution < -0.4 is 14.2 Å². The molecule has 0 aliphatic carbocycles. The number of hydrogen-bond acceptors (Lipinski definition) is 13. The van der Waals surface area contributed by atoms with Gasteiger partial charge in [0, 0.05) is 62.4 Å². The SMILES string of the molecule is C#C/C(Cl)=C1\C=C/Cc2c(-c3ccc(F)cc3)sc3ncnc(c23)O[C@@H](C(=O)O)Cc2cc(ccc2OCc2ccnc([C@@H]3CCCO3)n2)OC[C@@H](CN2CCN(C)CC2)O1. The van der Waals surface area contributed by atoms with E-state index in [2.05, 4.69) is 37.7 Å². The summed E-state index contributed by atoms with van der Waals surface area (Å²) >= 11 is 8.02. The highest BCUT2D eigenvalue weighted by atomic mass is 35.5. The van der Waals surface area contributed by atoms with E-state index in [1.807, 2.05) is 6.08 Å². The molecule has 0 radical (unpaired) electrons. The van der Waals surface area contributed by atoms with Crippen molar-refractivity contribution < 1.29 is 38.0 Å². The van der Waals surface area contributed by atoms with Gasteiger partial charge in [0.2, 0.25) is 12.0 Å². The number of likely N-dealkylation sites (N-methyl/N-ethyl adjacent to an activating group) is 1. The van der Waals surface area contributed by atoms with Gasteiger partial charge in [0.25, 0.3) is 0 Å². The second-order valence-corrected chi connectivity index (χ2v) is 16.4. The Bertz CT molecular complexity index is 2460. The number of fused-ring (bicyclic) bond motifs is 2. The molecule has 6 heterocycles. The quantitative estimate of drug-likeness (QED) is 0.160. The molecule has 316 valence electrons. The van der Waals surface area contributed by atoms with Crippen LogP contribution in [0.15, 0.2) is 84.0 Å². The first-order valence-electron chi connectivity index (χ1n) is 20.0. The first kappa shape index (κ1) is 42.1. The molecule has 5 aromatic rings. The van der Waals surface area contributed by atoms with Crippen molar-refractivity contribution in [2.24, 2.45) is 0 Å². The summed E-state index contributed by atoms with van der Waals surface area (Å²) in [5, 5.41) is 11.3. The number of piperazine rings is 1. The fourth-order valence-electron chi connectivity index (χ4n) is 7.45. The lowest BCUT2D eigenvalue weighted by atomic mass is 10.0. The number of rotatable bonds is 8. The maximum atomic E-state index is 14.1. The molecule has 2 fully saturated rings. The standard InChI is InChI=1S/C45H44ClFN6O7S/c1-3-35(46)37-7-4-6-34-40-43(49-27-50-44(40)61-41(34)28-9-11-30(47)12-10-28)60-39(45(54)55)23-29-22-32(57-26-33(59-37)24-53-19-17-52(2)18-20-53)13-14-36(29)58-25-31-15-16-48-42(51-31)38-8-5-21-56-38/h1,4,7,9-16,22,27,33,38-39H,5-6,8,17-21,23-26H2,2H3,(H,54,55)/b7-4-,37-35-/t33-,38+,39-/m1/s1. The fourth-order valence-corrected chi connectivity index (χ4v) is 8.73. The summed E-state index contributed by atoms with van der Waals surface area (Å²) in [7, 11) is 2.10. The van der Waals surface area contributed by atoms with Crippen molar-refractivity contribution in [2.75, 3.05) is 53.0 Å². The van der Waals surface area contributed by atoms with Gasteiger partial charge in [-0.2, -0.15) is 0 Å². The minimum absolute atomic E-state index is 0.0770. The number of thiophene rings is 1. The largest absolute Gasteiger partial charge is 0.490 e. The van der Waals surface area contributed by atoms with Gasteiger partial charge in [-0.25, -0.2) is 29.1 Å². The van der Waals surface area contributed by atoms with E-state index in [4.69, 9.17) is 46.7 Å². The third-order valence-corrected chi connectivity index (χ3v) is 12.2. The van der Waals surface area contributed by atoms with E-state index in [0.717, 1.165) is 55.0 Å². The molecular weight excluding hydrogens is 823 g/mol. The Hall–Kier alpha value is -5.63. The summed E-state index contributed by atoms with van der Waals surface area (Å²) in [5.41, 5.74) is 2.63.